The first-order valence-electron chi connectivity index (χ1n) is 5.48. The van der Waals surface area contributed by atoms with Crippen molar-refractivity contribution in [2.24, 2.45) is 5.92 Å². The number of aliphatic hydroxyl groups is 2. The fraction of sp³-hybridized carbons (Fsp3) is 0.727. The lowest BCUT2D eigenvalue weighted by Crippen LogP contribution is -2.37. The molecular formula is C11H17NO4. The summed E-state index contributed by atoms with van der Waals surface area (Å²) in [6, 6.07) is 0. The van der Waals surface area contributed by atoms with Crippen LogP contribution < -0.4 is 0 Å². The van der Waals surface area contributed by atoms with Gasteiger partial charge in [-0.1, -0.05) is 0 Å². The summed E-state index contributed by atoms with van der Waals surface area (Å²) in [7, 11) is 0. The van der Waals surface area contributed by atoms with Crippen molar-refractivity contribution >= 4 is 6.29 Å². The van der Waals surface area contributed by atoms with E-state index < -0.39 is 11.5 Å². The van der Waals surface area contributed by atoms with Gasteiger partial charge in [0, 0.05) is 19.5 Å². The maximum atomic E-state index is 10.9. The Morgan fingerprint density at radius 3 is 2.62 bits per heavy atom. The maximum absolute atomic E-state index is 10.9. The molecule has 0 saturated carbocycles. The number of carbonyl (C=O) groups is 1. The SMILES string of the molecule is CC1(O)CC(N2CCOCC2)=C(O)C1C=O. The molecule has 1 heterocycles. The van der Waals surface area contributed by atoms with Crippen LogP contribution in [-0.2, 0) is 9.53 Å². The maximum Gasteiger partial charge on any atom is 0.133 e. The Morgan fingerprint density at radius 1 is 1.50 bits per heavy atom. The Hall–Kier alpha value is -1.07. The van der Waals surface area contributed by atoms with E-state index in [9.17, 15) is 15.0 Å². The first kappa shape index (κ1) is 11.4. The zero-order valence-corrected chi connectivity index (χ0v) is 9.35. The molecule has 2 unspecified atom stereocenters. The summed E-state index contributed by atoms with van der Waals surface area (Å²) in [6.45, 7) is 4.20. The van der Waals surface area contributed by atoms with Crippen molar-refractivity contribution in [3.63, 3.8) is 0 Å². The molecular weight excluding hydrogens is 210 g/mol. The third-order valence-electron chi connectivity index (χ3n) is 3.31. The minimum absolute atomic E-state index is 0.0156. The first-order valence-corrected chi connectivity index (χ1v) is 5.48. The standard InChI is InChI=1S/C11H17NO4/c1-11(15)6-9(10(14)8(11)7-13)12-2-4-16-5-3-12/h7-8,14-15H,2-6H2,1H3. The minimum atomic E-state index is -1.17. The number of rotatable bonds is 2. The van der Waals surface area contributed by atoms with Gasteiger partial charge in [0.25, 0.3) is 0 Å². The second-order valence-electron chi connectivity index (χ2n) is 4.58. The molecule has 0 spiro atoms. The Balaban J connectivity index is 2.20. The summed E-state index contributed by atoms with van der Waals surface area (Å²) < 4.78 is 5.22. The molecule has 0 radical (unpaired) electrons. The molecule has 0 aromatic heterocycles. The topological polar surface area (TPSA) is 70.0 Å². The summed E-state index contributed by atoms with van der Waals surface area (Å²) in [5.74, 6) is -0.785. The average Bonchev–Trinajstić information content (AvgIpc) is 2.50. The van der Waals surface area contributed by atoms with E-state index in [4.69, 9.17) is 4.74 Å². The molecule has 1 saturated heterocycles. The van der Waals surface area contributed by atoms with Crippen LogP contribution >= 0.6 is 0 Å². The van der Waals surface area contributed by atoms with Crippen LogP contribution in [0, 0.1) is 5.92 Å². The summed E-state index contributed by atoms with van der Waals surface area (Å²) in [4.78, 5) is 12.8. The van der Waals surface area contributed by atoms with Crippen molar-refractivity contribution in [1.29, 1.82) is 0 Å². The number of carbonyl (C=O) groups excluding carboxylic acids is 1. The van der Waals surface area contributed by atoms with Crippen molar-refractivity contribution in [2.75, 3.05) is 26.3 Å². The smallest absolute Gasteiger partial charge is 0.133 e. The number of hydrogen-bond acceptors (Lipinski definition) is 5. The second kappa shape index (κ2) is 4.07. The van der Waals surface area contributed by atoms with Gasteiger partial charge < -0.3 is 24.6 Å². The van der Waals surface area contributed by atoms with Crippen molar-refractivity contribution in [1.82, 2.24) is 4.90 Å². The predicted octanol–water partition coefficient (Wildman–Crippen LogP) is 0.0580. The van der Waals surface area contributed by atoms with E-state index in [0.29, 0.717) is 44.7 Å². The lowest BCUT2D eigenvalue weighted by molar-refractivity contribution is -0.116. The van der Waals surface area contributed by atoms with Crippen molar-refractivity contribution < 1.29 is 19.7 Å². The molecule has 0 aromatic rings. The molecule has 1 aliphatic carbocycles. The molecule has 0 bridgehead atoms. The number of morpholine rings is 1. The molecule has 2 N–H and O–H groups in total. The molecule has 5 heteroatoms. The van der Waals surface area contributed by atoms with Crippen LogP contribution in [0.25, 0.3) is 0 Å². The van der Waals surface area contributed by atoms with Crippen molar-refractivity contribution in [3.8, 4) is 0 Å². The van der Waals surface area contributed by atoms with Gasteiger partial charge in [-0.2, -0.15) is 0 Å². The fourth-order valence-corrected chi connectivity index (χ4v) is 2.33. The molecule has 5 nitrogen and oxygen atoms in total. The Kier molecular flexibility index (Phi) is 2.90. The first-order chi connectivity index (χ1) is 7.56. The van der Waals surface area contributed by atoms with Gasteiger partial charge in [0.05, 0.1) is 24.5 Å². The lowest BCUT2D eigenvalue weighted by atomic mass is 9.93. The van der Waals surface area contributed by atoms with Gasteiger partial charge in [-0.05, 0) is 6.92 Å². The summed E-state index contributed by atoms with van der Waals surface area (Å²) in [5, 5.41) is 20.0. The minimum Gasteiger partial charge on any atom is -0.510 e. The van der Waals surface area contributed by atoms with E-state index >= 15 is 0 Å². The highest BCUT2D eigenvalue weighted by Crippen LogP contribution is 2.39. The molecule has 0 amide bonds. The zero-order chi connectivity index (χ0) is 11.8. The summed E-state index contributed by atoms with van der Waals surface area (Å²) >= 11 is 0. The molecule has 2 aliphatic rings. The molecule has 90 valence electrons. The van der Waals surface area contributed by atoms with E-state index in [1.165, 1.54) is 0 Å². The number of aldehydes is 1. The van der Waals surface area contributed by atoms with E-state index in [2.05, 4.69) is 0 Å². The van der Waals surface area contributed by atoms with Crippen LogP contribution in [0.2, 0.25) is 0 Å². The molecule has 2 atom stereocenters. The van der Waals surface area contributed by atoms with Crippen LogP contribution in [0.15, 0.2) is 11.5 Å². The molecule has 1 fully saturated rings. The van der Waals surface area contributed by atoms with Crippen LogP contribution in [0.3, 0.4) is 0 Å². The van der Waals surface area contributed by atoms with Crippen molar-refractivity contribution in [2.45, 2.75) is 18.9 Å². The van der Waals surface area contributed by atoms with E-state index in [-0.39, 0.29) is 5.76 Å². The highest BCUT2D eigenvalue weighted by molar-refractivity contribution is 5.62. The van der Waals surface area contributed by atoms with E-state index in [1.807, 2.05) is 4.90 Å². The van der Waals surface area contributed by atoms with Crippen molar-refractivity contribution in [3.05, 3.63) is 11.5 Å². The quantitative estimate of drug-likeness (QED) is 0.653. The van der Waals surface area contributed by atoms with Crippen LogP contribution in [0.4, 0.5) is 0 Å². The highest BCUT2D eigenvalue weighted by Gasteiger charge is 2.45. The Bertz CT molecular complexity index is 318. The van der Waals surface area contributed by atoms with E-state index in [0.717, 1.165) is 0 Å². The summed E-state index contributed by atoms with van der Waals surface area (Å²) in [6.07, 6.45) is 0.936. The zero-order valence-electron chi connectivity index (χ0n) is 9.35. The molecule has 0 aromatic carbocycles. The predicted molar refractivity (Wildman–Crippen MR) is 56.8 cm³/mol. The Morgan fingerprint density at radius 2 is 2.12 bits per heavy atom. The van der Waals surface area contributed by atoms with Gasteiger partial charge in [-0.15, -0.1) is 0 Å². The molecule has 2 rings (SSSR count). The number of hydrogen-bond donors (Lipinski definition) is 2. The number of ether oxygens (including phenoxy) is 1. The lowest BCUT2D eigenvalue weighted by Gasteiger charge is -2.30. The Labute approximate surface area is 94.3 Å². The van der Waals surface area contributed by atoms with Crippen LogP contribution in [0.1, 0.15) is 13.3 Å². The third kappa shape index (κ3) is 1.81. The highest BCUT2D eigenvalue weighted by atomic mass is 16.5. The number of nitrogens with zero attached hydrogens (tertiary/aromatic N) is 1. The van der Waals surface area contributed by atoms with Gasteiger partial charge >= 0.3 is 0 Å². The van der Waals surface area contributed by atoms with Gasteiger partial charge in [0.2, 0.25) is 0 Å². The summed E-state index contributed by atoms with van der Waals surface area (Å²) in [5.41, 5.74) is -0.482. The largest absolute Gasteiger partial charge is 0.510 e. The van der Waals surface area contributed by atoms with Crippen LogP contribution in [0.5, 0.6) is 0 Å². The van der Waals surface area contributed by atoms with Crippen LogP contribution in [-0.4, -0.2) is 53.3 Å². The van der Waals surface area contributed by atoms with Gasteiger partial charge in [0.1, 0.15) is 18.0 Å². The molecule has 16 heavy (non-hydrogen) atoms. The van der Waals surface area contributed by atoms with Gasteiger partial charge in [-0.25, -0.2) is 0 Å². The normalized spacial score (nSPS) is 35.6. The average molecular weight is 227 g/mol. The van der Waals surface area contributed by atoms with Gasteiger partial charge in [-0.3, -0.25) is 0 Å². The van der Waals surface area contributed by atoms with E-state index in [1.54, 1.807) is 6.92 Å². The monoisotopic (exact) mass is 227 g/mol. The van der Waals surface area contributed by atoms with Gasteiger partial charge in [0.15, 0.2) is 0 Å². The second-order valence-corrected chi connectivity index (χ2v) is 4.58. The molecule has 1 aliphatic heterocycles. The fourth-order valence-electron chi connectivity index (χ4n) is 2.33. The number of aliphatic hydroxyl groups excluding tert-OH is 1. The third-order valence-corrected chi connectivity index (χ3v) is 3.31.